The Morgan fingerprint density at radius 2 is 1.00 bits per heavy atom. The first-order valence-corrected chi connectivity index (χ1v) is 19.3. The van der Waals surface area contributed by atoms with Gasteiger partial charge in [0.05, 0.1) is 33.3 Å². The number of para-hydroxylation sites is 4. The average Bonchev–Trinajstić information content (AvgIpc) is 3.94. The molecule has 0 aliphatic carbocycles. The fourth-order valence-electron chi connectivity index (χ4n) is 9.45. The first-order chi connectivity index (χ1) is 28.3. The Kier molecular flexibility index (Phi) is 6.10. The van der Waals surface area contributed by atoms with Gasteiger partial charge in [-0.15, -0.1) is 0 Å². The quantitative estimate of drug-likeness (QED) is 0.182. The van der Waals surface area contributed by atoms with Crippen LogP contribution in [0.25, 0.3) is 121 Å². The highest BCUT2D eigenvalue weighted by Gasteiger charge is 2.22. The second-order valence-corrected chi connectivity index (χ2v) is 14.9. The van der Waals surface area contributed by atoms with Crippen molar-refractivity contribution in [2.75, 3.05) is 0 Å². The van der Waals surface area contributed by atoms with Gasteiger partial charge in [0.25, 0.3) is 0 Å². The van der Waals surface area contributed by atoms with E-state index in [1.54, 1.807) is 0 Å². The molecule has 13 rings (SSSR count). The van der Waals surface area contributed by atoms with Gasteiger partial charge in [-0.3, -0.25) is 4.57 Å². The highest BCUT2D eigenvalue weighted by molar-refractivity contribution is 6.23. The lowest BCUT2D eigenvalue weighted by Gasteiger charge is -2.13. The molecule has 0 fully saturated rings. The Morgan fingerprint density at radius 3 is 1.79 bits per heavy atom. The van der Waals surface area contributed by atoms with Crippen molar-refractivity contribution >= 4 is 98.0 Å². The van der Waals surface area contributed by atoms with Gasteiger partial charge in [0.15, 0.2) is 0 Å². The van der Waals surface area contributed by atoms with Crippen molar-refractivity contribution in [2.45, 2.75) is 0 Å². The molecule has 0 bridgehead atoms. The molecule has 5 nitrogen and oxygen atoms in total. The number of furan rings is 1. The predicted molar refractivity (Wildman–Crippen MR) is 236 cm³/mol. The van der Waals surface area contributed by atoms with Crippen LogP contribution in [0.5, 0.6) is 0 Å². The number of benzene rings is 9. The summed E-state index contributed by atoms with van der Waals surface area (Å²) in [6, 6.07) is 64.8. The molecule has 0 aliphatic rings. The lowest BCUT2D eigenvalue weighted by atomic mass is 10.0. The zero-order valence-corrected chi connectivity index (χ0v) is 30.5. The zero-order chi connectivity index (χ0) is 37.2. The van der Waals surface area contributed by atoms with Crippen LogP contribution in [0, 0.1) is 0 Å². The molecular formula is C52H30N4O. The average molecular weight is 727 g/mol. The van der Waals surface area contributed by atoms with E-state index in [2.05, 4.69) is 173 Å². The van der Waals surface area contributed by atoms with Gasteiger partial charge in [-0.25, -0.2) is 9.97 Å². The van der Waals surface area contributed by atoms with Crippen LogP contribution in [-0.4, -0.2) is 19.1 Å². The molecule has 264 valence electrons. The highest BCUT2D eigenvalue weighted by Crippen LogP contribution is 2.42. The van der Waals surface area contributed by atoms with Crippen molar-refractivity contribution in [3.63, 3.8) is 0 Å². The monoisotopic (exact) mass is 726 g/mol. The second kappa shape index (κ2) is 11.4. The molecule has 0 saturated carbocycles. The van der Waals surface area contributed by atoms with E-state index in [1.807, 2.05) is 18.2 Å². The number of hydrogen-bond donors (Lipinski definition) is 0. The van der Waals surface area contributed by atoms with Crippen LogP contribution in [0.15, 0.2) is 186 Å². The summed E-state index contributed by atoms with van der Waals surface area (Å²) in [7, 11) is 0. The molecule has 0 unspecified atom stereocenters. The maximum atomic E-state index is 6.59. The third-order valence-corrected chi connectivity index (χ3v) is 11.9. The van der Waals surface area contributed by atoms with Gasteiger partial charge in [0.2, 0.25) is 5.95 Å². The van der Waals surface area contributed by atoms with Crippen molar-refractivity contribution in [3.8, 4) is 22.9 Å². The van der Waals surface area contributed by atoms with Crippen LogP contribution in [0.4, 0.5) is 0 Å². The van der Waals surface area contributed by atoms with Gasteiger partial charge in [-0.05, 0) is 70.1 Å². The second-order valence-electron chi connectivity index (χ2n) is 14.9. The van der Waals surface area contributed by atoms with Crippen molar-refractivity contribution < 1.29 is 4.42 Å². The van der Waals surface area contributed by atoms with Crippen LogP contribution in [0.1, 0.15) is 0 Å². The summed E-state index contributed by atoms with van der Waals surface area (Å²) in [6.07, 6.45) is 0. The fraction of sp³-hybridized carbons (Fsp3) is 0. The van der Waals surface area contributed by atoms with E-state index < -0.39 is 0 Å². The van der Waals surface area contributed by atoms with E-state index in [-0.39, 0.29) is 0 Å². The maximum Gasteiger partial charge on any atom is 0.235 e. The molecule has 0 radical (unpaired) electrons. The predicted octanol–water partition coefficient (Wildman–Crippen LogP) is 13.7. The summed E-state index contributed by atoms with van der Waals surface area (Å²) in [4.78, 5) is 10.9. The number of nitrogens with zero attached hydrogens (tertiary/aromatic N) is 4. The van der Waals surface area contributed by atoms with Crippen molar-refractivity contribution in [1.82, 2.24) is 19.1 Å². The Bertz CT molecular complexity index is 3830. The number of hydrogen-bond acceptors (Lipinski definition) is 3. The first-order valence-electron chi connectivity index (χ1n) is 19.3. The molecule has 4 aromatic heterocycles. The maximum absolute atomic E-state index is 6.59. The molecule has 0 amide bonds. The molecule has 0 aliphatic heterocycles. The molecule has 4 heterocycles. The van der Waals surface area contributed by atoms with Gasteiger partial charge in [-0.2, -0.15) is 0 Å². The van der Waals surface area contributed by atoms with E-state index >= 15 is 0 Å². The van der Waals surface area contributed by atoms with Crippen LogP contribution < -0.4 is 0 Å². The molecule has 9 aromatic carbocycles. The van der Waals surface area contributed by atoms with E-state index in [0.29, 0.717) is 5.95 Å². The van der Waals surface area contributed by atoms with Crippen molar-refractivity contribution in [3.05, 3.63) is 182 Å². The zero-order valence-electron chi connectivity index (χ0n) is 30.5. The Morgan fingerprint density at radius 1 is 0.386 bits per heavy atom. The van der Waals surface area contributed by atoms with E-state index in [4.69, 9.17) is 14.4 Å². The molecule has 0 saturated heterocycles. The van der Waals surface area contributed by atoms with Crippen molar-refractivity contribution in [2.24, 2.45) is 0 Å². The summed E-state index contributed by atoms with van der Waals surface area (Å²) < 4.78 is 11.3. The van der Waals surface area contributed by atoms with Crippen molar-refractivity contribution in [1.29, 1.82) is 0 Å². The third-order valence-electron chi connectivity index (χ3n) is 11.9. The van der Waals surface area contributed by atoms with Gasteiger partial charge in [-0.1, -0.05) is 133 Å². The Balaban J connectivity index is 1.15. The van der Waals surface area contributed by atoms with Gasteiger partial charge < -0.3 is 8.98 Å². The SMILES string of the molecule is c1ccc2c(c1)ccc1c2c2ccccc2n1-c1ccc2c3c4ccccc4ccc3n(-c3nc(-c4cccc5c4oc4ccccc45)c4ccccc4n3)c2c1. The smallest absolute Gasteiger partial charge is 0.235 e. The normalized spacial score (nSPS) is 12.2. The minimum atomic E-state index is 0.609. The van der Waals surface area contributed by atoms with Crippen LogP contribution >= 0.6 is 0 Å². The number of rotatable bonds is 3. The molecular weight excluding hydrogens is 697 g/mol. The summed E-state index contributed by atoms with van der Waals surface area (Å²) >= 11 is 0. The summed E-state index contributed by atoms with van der Waals surface area (Å²) in [5.41, 5.74) is 9.82. The first kappa shape index (κ1) is 30.6. The molecule has 0 spiro atoms. The topological polar surface area (TPSA) is 48.8 Å². The number of aromatic nitrogens is 4. The minimum absolute atomic E-state index is 0.609. The number of fused-ring (bicyclic) bond motifs is 14. The molecule has 5 heteroatoms. The molecule has 0 atom stereocenters. The lowest BCUT2D eigenvalue weighted by Crippen LogP contribution is -2.04. The standard InChI is InChI=1S/C52H30N4O/c1-3-14-34-31(12-1)24-28-44-48(34)39-18-6-9-22-43(39)55(44)33-26-27-40-46(30-33)56(45-29-25-32-13-2-4-15-35(32)49(40)45)52-53-42-21-8-5-17-38(42)50(54-52)41-20-11-19-37-36-16-7-10-23-47(36)57-51(37)41/h1-30H. The molecule has 13 aromatic rings. The summed E-state index contributed by atoms with van der Waals surface area (Å²) in [5, 5.41) is 12.8. The van der Waals surface area contributed by atoms with Gasteiger partial charge in [0.1, 0.15) is 11.2 Å². The molecule has 57 heavy (non-hydrogen) atoms. The fourth-order valence-corrected chi connectivity index (χ4v) is 9.45. The summed E-state index contributed by atoms with van der Waals surface area (Å²) in [6.45, 7) is 0. The van der Waals surface area contributed by atoms with E-state index in [1.165, 1.54) is 48.7 Å². The Hall–Kier alpha value is -7.76. The summed E-state index contributed by atoms with van der Waals surface area (Å²) in [5.74, 6) is 0.609. The van der Waals surface area contributed by atoms with Crippen LogP contribution in [0.3, 0.4) is 0 Å². The largest absolute Gasteiger partial charge is 0.455 e. The van der Waals surface area contributed by atoms with Crippen LogP contribution in [0.2, 0.25) is 0 Å². The third kappa shape index (κ3) is 4.23. The van der Waals surface area contributed by atoms with Crippen LogP contribution in [-0.2, 0) is 0 Å². The lowest BCUT2D eigenvalue weighted by molar-refractivity contribution is 0.670. The van der Waals surface area contributed by atoms with Gasteiger partial charge in [0, 0.05) is 49.0 Å². The molecule has 0 N–H and O–H groups in total. The van der Waals surface area contributed by atoms with E-state index in [0.717, 1.165) is 66.2 Å². The Labute approximate surface area is 325 Å². The van der Waals surface area contributed by atoms with E-state index in [9.17, 15) is 0 Å². The van der Waals surface area contributed by atoms with Gasteiger partial charge >= 0.3 is 0 Å². The minimum Gasteiger partial charge on any atom is -0.455 e. The highest BCUT2D eigenvalue weighted by atomic mass is 16.3.